The van der Waals surface area contributed by atoms with Crippen LogP contribution in [-0.2, 0) is 0 Å². The number of hydrogen-bond acceptors (Lipinski definition) is 6. The highest BCUT2D eigenvalue weighted by Crippen LogP contribution is 2.29. The van der Waals surface area contributed by atoms with E-state index in [2.05, 4.69) is 44.3 Å². The molecule has 1 aliphatic heterocycles. The molecule has 0 spiro atoms. The van der Waals surface area contributed by atoms with Crippen molar-refractivity contribution in [2.24, 2.45) is 0 Å². The zero-order valence-corrected chi connectivity index (χ0v) is 19.5. The van der Waals surface area contributed by atoms with Crippen molar-refractivity contribution in [3.63, 3.8) is 0 Å². The molecule has 7 heteroatoms. The van der Waals surface area contributed by atoms with Crippen LogP contribution in [0.1, 0.15) is 15.9 Å². The summed E-state index contributed by atoms with van der Waals surface area (Å²) in [5, 5.41) is 3.94. The van der Waals surface area contributed by atoms with Crippen LogP contribution in [-0.4, -0.2) is 54.0 Å². The van der Waals surface area contributed by atoms with Gasteiger partial charge in [0.05, 0.1) is 5.52 Å². The van der Waals surface area contributed by atoms with Crippen molar-refractivity contribution in [3.05, 3.63) is 78.0 Å². The Morgan fingerprint density at radius 2 is 1.74 bits per heavy atom. The number of amides is 1. The first-order valence-electron chi connectivity index (χ1n) is 11.4. The van der Waals surface area contributed by atoms with Crippen LogP contribution in [0.25, 0.3) is 22.0 Å². The second-order valence-corrected chi connectivity index (χ2v) is 8.84. The molecule has 1 aromatic heterocycles. The number of aromatic nitrogens is 2. The van der Waals surface area contributed by atoms with E-state index in [9.17, 15) is 4.79 Å². The number of nitrogen functional groups attached to an aromatic ring is 1. The molecule has 0 radical (unpaired) electrons. The third kappa shape index (κ3) is 4.56. The van der Waals surface area contributed by atoms with Gasteiger partial charge in [-0.15, -0.1) is 0 Å². The van der Waals surface area contributed by atoms with E-state index in [0.717, 1.165) is 59.5 Å². The van der Waals surface area contributed by atoms with Gasteiger partial charge in [-0.1, -0.05) is 23.8 Å². The maximum Gasteiger partial charge on any atom is 0.256 e. The number of nitrogens with zero attached hydrogens (tertiary/aromatic N) is 4. The fourth-order valence-corrected chi connectivity index (χ4v) is 4.33. The van der Waals surface area contributed by atoms with E-state index >= 15 is 0 Å². The van der Waals surface area contributed by atoms with Crippen LogP contribution in [0.2, 0.25) is 0 Å². The van der Waals surface area contributed by atoms with E-state index in [0.29, 0.717) is 5.56 Å². The van der Waals surface area contributed by atoms with Gasteiger partial charge in [0.25, 0.3) is 5.91 Å². The number of nitrogens with two attached hydrogens (primary N) is 1. The van der Waals surface area contributed by atoms with Crippen molar-refractivity contribution in [3.8, 4) is 11.1 Å². The van der Waals surface area contributed by atoms with E-state index in [1.807, 2.05) is 55.5 Å². The van der Waals surface area contributed by atoms with Gasteiger partial charge in [0.1, 0.15) is 0 Å². The zero-order chi connectivity index (χ0) is 23.7. The van der Waals surface area contributed by atoms with E-state index in [4.69, 9.17) is 5.73 Å². The van der Waals surface area contributed by atoms with Crippen molar-refractivity contribution in [2.75, 3.05) is 49.2 Å². The lowest BCUT2D eigenvalue weighted by Gasteiger charge is -2.34. The molecule has 2 heterocycles. The molecule has 1 fully saturated rings. The van der Waals surface area contributed by atoms with Crippen LogP contribution >= 0.6 is 0 Å². The molecule has 0 bridgehead atoms. The molecule has 3 N–H and O–H groups in total. The largest absolute Gasteiger partial charge is 0.369 e. The first-order valence-corrected chi connectivity index (χ1v) is 11.4. The predicted molar refractivity (Wildman–Crippen MR) is 138 cm³/mol. The molecule has 4 aromatic rings. The highest BCUT2D eigenvalue weighted by atomic mass is 16.1. The fraction of sp³-hybridized carbons (Fsp3) is 0.222. The van der Waals surface area contributed by atoms with Gasteiger partial charge < -0.3 is 20.9 Å². The Balaban J connectivity index is 1.39. The van der Waals surface area contributed by atoms with Crippen molar-refractivity contribution in [1.29, 1.82) is 0 Å². The van der Waals surface area contributed by atoms with Gasteiger partial charge in [-0.25, -0.2) is 9.97 Å². The van der Waals surface area contributed by atoms with Crippen molar-refractivity contribution in [2.45, 2.75) is 6.92 Å². The average Bonchev–Trinajstić information content (AvgIpc) is 2.84. The van der Waals surface area contributed by atoms with Gasteiger partial charge in [0, 0.05) is 54.7 Å². The fourth-order valence-electron chi connectivity index (χ4n) is 4.33. The molecule has 1 saturated heterocycles. The molecule has 3 aromatic carbocycles. The highest BCUT2D eigenvalue weighted by Gasteiger charge is 2.16. The standard InChI is InChI=1S/C27H28N6O/c1-18-3-9-23(24(15-18)19-4-10-25-20(16-19)17-29-27(28)31-25)26(34)30-21-5-7-22(8-6-21)33-13-11-32(2)12-14-33/h3-10,15-17H,11-14H2,1-2H3,(H,30,34)(H2,28,29,31). The molecule has 5 rings (SSSR count). The molecule has 0 saturated carbocycles. The maximum atomic E-state index is 13.3. The third-order valence-corrected chi connectivity index (χ3v) is 6.32. The Bertz CT molecular complexity index is 1340. The van der Waals surface area contributed by atoms with E-state index in [1.54, 1.807) is 6.20 Å². The maximum absolute atomic E-state index is 13.3. The summed E-state index contributed by atoms with van der Waals surface area (Å²) in [7, 11) is 2.15. The summed E-state index contributed by atoms with van der Waals surface area (Å²) in [6, 6.07) is 19.8. The molecule has 1 aliphatic rings. The number of carbonyl (C=O) groups excluding carboxylic acids is 1. The van der Waals surface area contributed by atoms with Gasteiger partial charge >= 0.3 is 0 Å². The molecular formula is C27H28N6O. The minimum Gasteiger partial charge on any atom is -0.369 e. The highest BCUT2D eigenvalue weighted by molar-refractivity contribution is 6.09. The summed E-state index contributed by atoms with van der Waals surface area (Å²) in [5.41, 5.74) is 11.9. The van der Waals surface area contributed by atoms with Gasteiger partial charge in [-0.2, -0.15) is 0 Å². The summed E-state index contributed by atoms with van der Waals surface area (Å²) in [6.45, 7) is 6.16. The van der Waals surface area contributed by atoms with Crippen LogP contribution in [0.4, 0.5) is 17.3 Å². The normalized spacial score (nSPS) is 14.4. The predicted octanol–water partition coefficient (Wildman–Crippen LogP) is 4.19. The second kappa shape index (κ2) is 9.11. The quantitative estimate of drug-likeness (QED) is 0.483. The van der Waals surface area contributed by atoms with Crippen molar-refractivity contribution >= 4 is 34.1 Å². The summed E-state index contributed by atoms with van der Waals surface area (Å²) < 4.78 is 0. The van der Waals surface area contributed by atoms with Gasteiger partial charge in [-0.05, 0) is 67.6 Å². The van der Waals surface area contributed by atoms with Crippen LogP contribution < -0.4 is 16.0 Å². The van der Waals surface area contributed by atoms with E-state index in [-0.39, 0.29) is 11.9 Å². The monoisotopic (exact) mass is 452 g/mol. The number of hydrogen-bond donors (Lipinski definition) is 2. The summed E-state index contributed by atoms with van der Waals surface area (Å²) >= 11 is 0. The molecule has 7 nitrogen and oxygen atoms in total. The molecule has 0 aliphatic carbocycles. The van der Waals surface area contributed by atoms with Crippen LogP contribution in [0.3, 0.4) is 0 Å². The Hall–Kier alpha value is -3.97. The lowest BCUT2D eigenvalue weighted by Crippen LogP contribution is -2.44. The summed E-state index contributed by atoms with van der Waals surface area (Å²) in [4.78, 5) is 26.4. The molecular weight excluding hydrogens is 424 g/mol. The van der Waals surface area contributed by atoms with E-state index in [1.165, 1.54) is 5.69 Å². The minimum atomic E-state index is -0.143. The van der Waals surface area contributed by atoms with Gasteiger partial charge in [-0.3, -0.25) is 4.79 Å². The molecule has 0 atom stereocenters. The summed E-state index contributed by atoms with van der Waals surface area (Å²) in [5.74, 6) is 0.102. The third-order valence-electron chi connectivity index (χ3n) is 6.32. The van der Waals surface area contributed by atoms with Crippen molar-refractivity contribution < 1.29 is 4.79 Å². The number of anilines is 3. The Kier molecular flexibility index (Phi) is 5.86. The first-order chi connectivity index (χ1) is 16.5. The molecule has 34 heavy (non-hydrogen) atoms. The zero-order valence-electron chi connectivity index (χ0n) is 19.5. The van der Waals surface area contributed by atoms with Gasteiger partial charge in [0.15, 0.2) is 0 Å². The number of rotatable bonds is 4. The lowest BCUT2D eigenvalue weighted by molar-refractivity contribution is 0.102. The Labute approximate surface area is 199 Å². The Morgan fingerprint density at radius 1 is 0.971 bits per heavy atom. The van der Waals surface area contributed by atoms with Crippen LogP contribution in [0.15, 0.2) is 66.9 Å². The number of benzene rings is 3. The first kappa shape index (κ1) is 21.9. The number of fused-ring (bicyclic) bond motifs is 1. The van der Waals surface area contributed by atoms with Crippen LogP contribution in [0, 0.1) is 6.92 Å². The smallest absolute Gasteiger partial charge is 0.256 e. The topological polar surface area (TPSA) is 87.4 Å². The number of piperazine rings is 1. The van der Waals surface area contributed by atoms with E-state index < -0.39 is 0 Å². The average molecular weight is 453 g/mol. The number of likely N-dealkylation sites (N-methyl/N-ethyl adjacent to an activating group) is 1. The summed E-state index contributed by atoms with van der Waals surface area (Å²) in [6.07, 6.45) is 1.71. The number of carbonyl (C=O) groups is 1. The number of aryl methyl sites for hydroxylation is 1. The lowest BCUT2D eigenvalue weighted by atomic mass is 9.96. The van der Waals surface area contributed by atoms with Crippen LogP contribution in [0.5, 0.6) is 0 Å². The SMILES string of the molecule is Cc1ccc(C(=O)Nc2ccc(N3CCN(C)CC3)cc2)c(-c2ccc3nc(N)ncc3c2)c1. The molecule has 1 amide bonds. The molecule has 0 unspecified atom stereocenters. The second-order valence-electron chi connectivity index (χ2n) is 8.84. The van der Waals surface area contributed by atoms with Crippen molar-refractivity contribution in [1.82, 2.24) is 14.9 Å². The number of nitrogens with one attached hydrogen (secondary N) is 1. The minimum absolute atomic E-state index is 0.143. The molecule has 172 valence electrons. The Morgan fingerprint density at radius 3 is 2.50 bits per heavy atom. The van der Waals surface area contributed by atoms with Gasteiger partial charge in [0.2, 0.25) is 5.95 Å².